The summed E-state index contributed by atoms with van der Waals surface area (Å²) >= 11 is 0. The van der Waals surface area contributed by atoms with E-state index < -0.39 is 0 Å². The van der Waals surface area contributed by atoms with E-state index in [1.165, 1.54) is 0 Å². The Hall–Kier alpha value is -1.71. The monoisotopic (exact) mass is 314 g/mol. The Morgan fingerprint density at radius 1 is 0.957 bits per heavy atom. The zero-order valence-corrected chi connectivity index (χ0v) is 14.2. The van der Waals surface area contributed by atoms with Gasteiger partial charge in [-0.05, 0) is 23.6 Å². The van der Waals surface area contributed by atoms with Crippen LogP contribution in [0.4, 0.5) is 0 Å². The number of carbonyl (C=O) groups excluding carboxylic acids is 1. The van der Waals surface area contributed by atoms with Crippen LogP contribution in [-0.4, -0.2) is 12.6 Å². The van der Waals surface area contributed by atoms with Crippen LogP contribution in [0.5, 0.6) is 0 Å². The maximum Gasteiger partial charge on any atom is 1.00 e. The second-order valence-corrected chi connectivity index (χ2v) is 5.81. The van der Waals surface area contributed by atoms with Crippen LogP contribution >= 0.6 is 8.19 Å². The first-order chi connectivity index (χ1) is 10.8. The molecular formula is C19H16LiO2P. The molecule has 2 aromatic carbocycles. The molecule has 3 aromatic rings. The Kier molecular flexibility index (Phi) is 6.31. The van der Waals surface area contributed by atoms with Crippen LogP contribution in [0.15, 0.2) is 66.5 Å². The molecule has 110 valence electrons. The average molecular weight is 314 g/mol. The number of hydrogen-bond acceptors (Lipinski definition) is 2. The number of rotatable bonds is 4. The van der Waals surface area contributed by atoms with Gasteiger partial charge in [0.05, 0.1) is 6.61 Å². The van der Waals surface area contributed by atoms with Crippen molar-refractivity contribution in [1.82, 2.24) is 0 Å². The molecule has 0 saturated carbocycles. The summed E-state index contributed by atoms with van der Waals surface area (Å²) in [7, 11) is 1.03. The maximum absolute atomic E-state index is 12.3. The molecule has 0 bridgehead atoms. The van der Waals surface area contributed by atoms with Crippen LogP contribution in [-0.2, 0) is 4.74 Å². The van der Waals surface area contributed by atoms with Crippen LogP contribution in [0.1, 0.15) is 17.3 Å². The first kappa shape index (κ1) is 17.6. The minimum absolute atomic E-state index is 0. The summed E-state index contributed by atoms with van der Waals surface area (Å²) in [5.41, 5.74) is 3.82. The van der Waals surface area contributed by atoms with E-state index in [1.54, 1.807) is 0 Å². The summed E-state index contributed by atoms with van der Waals surface area (Å²) in [6.45, 7) is 2.21. The molecule has 1 aromatic heterocycles. The van der Waals surface area contributed by atoms with E-state index in [0.29, 0.717) is 12.2 Å². The molecule has 0 amide bonds. The first-order valence-corrected chi connectivity index (χ1v) is 8.21. The van der Waals surface area contributed by atoms with Gasteiger partial charge in [0, 0.05) is 5.56 Å². The molecule has 0 aliphatic heterocycles. The number of esters is 1. The zero-order valence-electron chi connectivity index (χ0n) is 13.3. The molecule has 0 N–H and O–H groups in total. The number of benzene rings is 2. The van der Waals surface area contributed by atoms with Gasteiger partial charge in [-0.25, -0.2) is 10.6 Å². The molecule has 0 unspecified atom stereocenters. The van der Waals surface area contributed by atoms with Crippen LogP contribution in [0, 0.1) is 0 Å². The van der Waals surface area contributed by atoms with Gasteiger partial charge in [0.25, 0.3) is 0 Å². The maximum atomic E-state index is 12.3. The van der Waals surface area contributed by atoms with E-state index in [0.717, 1.165) is 30.2 Å². The molecule has 0 radical (unpaired) electrons. The third kappa shape index (κ3) is 3.79. The molecule has 0 fully saturated rings. The Labute approximate surface area is 150 Å². The largest absolute Gasteiger partial charge is 1.00 e. The minimum atomic E-state index is -0.250. The number of hydrogen-bond donors (Lipinski definition) is 0. The summed E-state index contributed by atoms with van der Waals surface area (Å²) < 4.78 is 5.22. The standard InChI is InChI=1S/C19H16O2P.Li/c1-2-21-19(20)16-13-22-18(15-11-7-4-8-12-15)17(16)14-9-5-3-6-10-14;/h3-13H,2H2,1H3;/q-1;+1. The van der Waals surface area contributed by atoms with E-state index in [-0.39, 0.29) is 24.8 Å². The molecular weight excluding hydrogens is 298 g/mol. The second-order valence-electron chi connectivity index (χ2n) is 4.85. The predicted molar refractivity (Wildman–Crippen MR) is 91.4 cm³/mol. The molecule has 1 heterocycles. The fraction of sp³-hybridized carbons (Fsp3) is 0.105. The van der Waals surface area contributed by atoms with Crippen molar-refractivity contribution < 1.29 is 28.4 Å². The van der Waals surface area contributed by atoms with Crippen LogP contribution in [0.25, 0.3) is 22.0 Å². The van der Waals surface area contributed by atoms with Crippen molar-refractivity contribution in [3.8, 4) is 22.0 Å². The van der Waals surface area contributed by atoms with Crippen LogP contribution in [0.2, 0.25) is 0 Å². The first-order valence-electron chi connectivity index (χ1n) is 7.25. The molecule has 23 heavy (non-hydrogen) atoms. The molecule has 4 heteroatoms. The number of ether oxygens (including phenoxy) is 1. The van der Waals surface area contributed by atoms with Crippen molar-refractivity contribution in [2.75, 3.05) is 6.61 Å². The molecule has 0 saturated heterocycles. The van der Waals surface area contributed by atoms with Crippen LogP contribution < -0.4 is 18.9 Å². The van der Waals surface area contributed by atoms with Gasteiger partial charge < -0.3 is 12.9 Å². The summed E-state index contributed by atoms with van der Waals surface area (Å²) in [6, 6.07) is 20.2. The van der Waals surface area contributed by atoms with Crippen molar-refractivity contribution in [3.05, 3.63) is 72.0 Å². The van der Waals surface area contributed by atoms with E-state index in [1.807, 2.05) is 61.3 Å². The van der Waals surface area contributed by atoms with Crippen molar-refractivity contribution in [3.63, 3.8) is 0 Å². The molecule has 0 aliphatic carbocycles. The SMILES string of the molecule is CCOC(=O)c1c[p-]c(-c2ccccc2)c1-c1ccccc1.[Li+]. The van der Waals surface area contributed by atoms with E-state index in [9.17, 15) is 4.79 Å². The van der Waals surface area contributed by atoms with Gasteiger partial charge in [-0.1, -0.05) is 60.7 Å². The summed E-state index contributed by atoms with van der Waals surface area (Å²) in [6.07, 6.45) is 0. The van der Waals surface area contributed by atoms with Gasteiger partial charge in [0.1, 0.15) is 0 Å². The summed E-state index contributed by atoms with van der Waals surface area (Å²) in [5.74, 6) is 1.70. The Bertz CT molecular complexity index is 767. The normalized spacial score (nSPS) is 10.3. The molecule has 0 spiro atoms. The Morgan fingerprint density at radius 2 is 1.52 bits per heavy atom. The van der Waals surface area contributed by atoms with Gasteiger partial charge in [0.2, 0.25) is 0 Å². The van der Waals surface area contributed by atoms with E-state index in [4.69, 9.17) is 4.74 Å². The summed E-state index contributed by atoms with van der Waals surface area (Å²) in [4.78, 5) is 12.3. The fourth-order valence-corrected chi connectivity index (χ4v) is 3.63. The van der Waals surface area contributed by atoms with Gasteiger partial charge in [0.15, 0.2) is 0 Å². The smallest absolute Gasteiger partial charge is 0.521 e. The van der Waals surface area contributed by atoms with Crippen molar-refractivity contribution in [2.45, 2.75) is 6.92 Å². The van der Waals surface area contributed by atoms with Gasteiger partial charge >= 0.3 is 24.8 Å². The average Bonchev–Trinajstić information content (AvgIpc) is 3.02. The van der Waals surface area contributed by atoms with Gasteiger partial charge in [-0.2, -0.15) is 5.30 Å². The van der Waals surface area contributed by atoms with E-state index >= 15 is 0 Å². The van der Waals surface area contributed by atoms with Gasteiger partial charge in [-0.15, -0.1) is 0 Å². The van der Waals surface area contributed by atoms with Crippen molar-refractivity contribution >= 4 is 14.2 Å². The van der Waals surface area contributed by atoms with Crippen molar-refractivity contribution in [2.24, 2.45) is 0 Å². The third-order valence-electron chi connectivity index (χ3n) is 3.43. The minimum Gasteiger partial charge on any atom is -0.521 e. The zero-order chi connectivity index (χ0) is 15.4. The Balaban J connectivity index is 0.00000192. The summed E-state index contributed by atoms with van der Waals surface area (Å²) in [5, 5.41) is 1.15. The second kappa shape index (κ2) is 8.23. The molecule has 0 atom stereocenters. The van der Waals surface area contributed by atoms with Crippen LogP contribution in [0.3, 0.4) is 0 Å². The topological polar surface area (TPSA) is 26.3 Å². The predicted octanol–water partition coefficient (Wildman–Crippen LogP) is 2.50. The fourth-order valence-electron chi connectivity index (χ4n) is 2.46. The Morgan fingerprint density at radius 3 is 2.09 bits per heavy atom. The quantitative estimate of drug-likeness (QED) is 0.546. The number of carbonyl (C=O) groups is 1. The molecule has 0 aliphatic rings. The third-order valence-corrected chi connectivity index (χ3v) is 4.56. The van der Waals surface area contributed by atoms with E-state index in [2.05, 4.69) is 12.1 Å². The molecule has 2 nitrogen and oxygen atoms in total. The molecule has 3 rings (SSSR count). The van der Waals surface area contributed by atoms with Crippen molar-refractivity contribution in [1.29, 1.82) is 0 Å². The van der Waals surface area contributed by atoms with Gasteiger partial charge in [-0.3, -0.25) is 0 Å².